The number of nitrogens with one attached hydrogen (secondary N) is 1. The molecule has 0 bridgehead atoms. The number of quaternary nitrogens is 1. The zero-order chi connectivity index (χ0) is 20.3. The SMILES string of the molecule is CCOC(=O)N1CC[NH+]([C@@H]2CC(=O)N(c3ccc(SC(F)F)cc3)C2=O)CC1. The van der Waals surface area contributed by atoms with Crippen molar-refractivity contribution in [2.75, 3.05) is 37.7 Å². The van der Waals surface area contributed by atoms with E-state index in [4.69, 9.17) is 4.74 Å². The second-order valence-corrected chi connectivity index (χ2v) is 7.60. The molecule has 3 amide bonds. The predicted molar refractivity (Wildman–Crippen MR) is 98.5 cm³/mol. The van der Waals surface area contributed by atoms with E-state index in [-0.39, 0.29) is 24.3 Å². The Bertz CT molecular complexity index is 739. The van der Waals surface area contributed by atoms with Crippen LogP contribution in [0.1, 0.15) is 13.3 Å². The number of rotatable bonds is 5. The molecule has 2 saturated heterocycles. The molecule has 3 rings (SSSR count). The van der Waals surface area contributed by atoms with Crippen LogP contribution in [0.15, 0.2) is 29.2 Å². The van der Waals surface area contributed by atoms with Crippen molar-refractivity contribution in [2.24, 2.45) is 0 Å². The first kappa shape index (κ1) is 20.5. The fraction of sp³-hybridized carbons (Fsp3) is 0.500. The number of hydrogen-bond donors (Lipinski definition) is 1. The molecule has 0 radical (unpaired) electrons. The van der Waals surface area contributed by atoms with Crippen LogP contribution in [0.4, 0.5) is 19.3 Å². The lowest BCUT2D eigenvalue weighted by molar-refractivity contribution is -0.918. The number of hydrogen-bond acceptors (Lipinski definition) is 5. The summed E-state index contributed by atoms with van der Waals surface area (Å²) in [6, 6.07) is 5.48. The number of anilines is 1. The summed E-state index contributed by atoms with van der Waals surface area (Å²) in [5.74, 6) is -3.12. The van der Waals surface area contributed by atoms with Gasteiger partial charge in [-0.15, -0.1) is 0 Å². The van der Waals surface area contributed by atoms with Crippen LogP contribution in [0.2, 0.25) is 0 Å². The Balaban J connectivity index is 1.63. The highest BCUT2D eigenvalue weighted by Gasteiger charge is 2.46. The zero-order valence-electron chi connectivity index (χ0n) is 15.4. The number of ether oxygens (including phenoxy) is 1. The van der Waals surface area contributed by atoms with Gasteiger partial charge in [-0.2, -0.15) is 8.78 Å². The number of amides is 3. The Kier molecular flexibility index (Phi) is 6.50. The van der Waals surface area contributed by atoms with Crippen molar-refractivity contribution in [3.05, 3.63) is 24.3 Å². The van der Waals surface area contributed by atoms with Gasteiger partial charge in [0.2, 0.25) is 5.91 Å². The molecule has 28 heavy (non-hydrogen) atoms. The average Bonchev–Trinajstić information content (AvgIpc) is 2.97. The summed E-state index contributed by atoms with van der Waals surface area (Å²) in [6.45, 7) is 4.10. The number of carbonyl (C=O) groups is 3. The molecule has 10 heteroatoms. The fourth-order valence-electron chi connectivity index (χ4n) is 3.54. The van der Waals surface area contributed by atoms with E-state index in [1.165, 1.54) is 24.3 Å². The molecule has 2 aliphatic rings. The van der Waals surface area contributed by atoms with Crippen LogP contribution in [-0.4, -0.2) is 67.4 Å². The molecular weight excluding hydrogens is 392 g/mol. The van der Waals surface area contributed by atoms with Crippen LogP contribution in [0.3, 0.4) is 0 Å². The van der Waals surface area contributed by atoms with Gasteiger partial charge < -0.3 is 9.64 Å². The highest BCUT2D eigenvalue weighted by atomic mass is 32.2. The first-order valence-electron chi connectivity index (χ1n) is 9.08. The Morgan fingerprint density at radius 1 is 1.25 bits per heavy atom. The smallest absolute Gasteiger partial charge is 0.410 e. The van der Waals surface area contributed by atoms with Crippen LogP contribution in [0.5, 0.6) is 0 Å². The molecule has 0 aromatic heterocycles. The third-order valence-electron chi connectivity index (χ3n) is 4.89. The van der Waals surface area contributed by atoms with E-state index in [1.54, 1.807) is 11.8 Å². The van der Waals surface area contributed by atoms with Crippen molar-refractivity contribution in [2.45, 2.75) is 30.0 Å². The highest BCUT2D eigenvalue weighted by Crippen LogP contribution is 2.29. The first-order chi connectivity index (χ1) is 13.4. The van der Waals surface area contributed by atoms with Crippen molar-refractivity contribution in [1.29, 1.82) is 0 Å². The fourth-order valence-corrected chi connectivity index (χ4v) is 4.04. The van der Waals surface area contributed by atoms with Crippen molar-refractivity contribution in [1.82, 2.24) is 4.90 Å². The maximum absolute atomic E-state index is 12.9. The number of benzene rings is 1. The first-order valence-corrected chi connectivity index (χ1v) is 9.96. The maximum atomic E-state index is 12.9. The molecule has 0 unspecified atom stereocenters. The summed E-state index contributed by atoms with van der Waals surface area (Å²) >= 11 is 0.412. The van der Waals surface area contributed by atoms with Crippen molar-refractivity contribution in [3.8, 4) is 0 Å². The minimum absolute atomic E-state index is 0.0983. The van der Waals surface area contributed by atoms with Crippen molar-refractivity contribution < 1.29 is 32.8 Å². The van der Waals surface area contributed by atoms with Crippen molar-refractivity contribution >= 4 is 35.4 Å². The van der Waals surface area contributed by atoms with Gasteiger partial charge in [0.05, 0.1) is 44.9 Å². The second kappa shape index (κ2) is 8.87. The summed E-state index contributed by atoms with van der Waals surface area (Å²) in [4.78, 5) is 41.1. The zero-order valence-corrected chi connectivity index (χ0v) is 16.2. The lowest BCUT2D eigenvalue weighted by atomic mass is 10.2. The van der Waals surface area contributed by atoms with Crippen molar-refractivity contribution in [3.63, 3.8) is 0 Å². The standard InChI is InChI=1S/C18H21F2N3O4S/c1-2-27-18(26)22-9-7-21(8-10-22)14-11-15(24)23(16(14)25)12-3-5-13(6-4-12)28-17(19)20/h3-6,14,17H,2,7-11H2,1H3/p+1/t14-/m1/s1. The predicted octanol–water partition coefficient (Wildman–Crippen LogP) is 0.990. The lowest BCUT2D eigenvalue weighted by Gasteiger charge is -2.33. The molecule has 1 N–H and O–H groups in total. The Morgan fingerprint density at radius 2 is 1.89 bits per heavy atom. The van der Waals surface area contributed by atoms with Crippen LogP contribution >= 0.6 is 11.8 Å². The van der Waals surface area contributed by atoms with E-state index in [0.717, 1.165) is 9.80 Å². The maximum Gasteiger partial charge on any atom is 0.410 e. The number of imide groups is 1. The van der Waals surface area contributed by atoms with E-state index < -0.39 is 11.8 Å². The van der Waals surface area contributed by atoms with Gasteiger partial charge in [0, 0.05) is 4.90 Å². The number of piperazine rings is 1. The second-order valence-electron chi connectivity index (χ2n) is 6.54. The normalized spacial score (nSPS) is 20.9. The summed E-state index contributed by atoms with van der Waals surface area (Å²) < 4.78 is 29.9. The van der Waals surface area contributed by atoms with Gasteiger partial charge in [-0.05, 0) is 31.2 Å². The number of alkyl halides is 2. The summed E-state index contributed by atoms with van der Waals surface area (Å²) in [7, 11) is 0. The van der Waals surface area contributed by atoms with Gasteiger partial charge >= 0.3 is 6.09 Å². The number of thioether (sulfide) groups is 1. The Morgan fingerprint density at radius 3 is 2.46 bits per heavy atom. The van der Waals surface area contributed by atoms with Gasteiger partial charge in [-0.3, -0.25) is 14.5 Å². The van der Waals surface area contributed by atoms with E-state index in [9.17, 15) is 23.2 Å². The third kappa shape index (κ3) is 4.44. The molecule has 2 fully saturated rings. The van der Waals surface area contributed by atoms with Crippen LogP contribution in [0, 0.1) is 0 Å². The molecule has 2 aliphatic heterocycles. The van der Waals surface area contributed by atoms with Gasteiger partial charge in [-0.25, -0.2) is 9.69 Å². The van der Waals surface area contributed by atoms with Crippen LogP contribution in [-0.2, 0) is 14.3 Å². The molecule has 7 nitrogen and oxygen atoms in total. The Labute approximate surface area is 165 Å². The molecule has 152 valence electrons. The van der Waals surface area contributed by atoms with E-state index in [2.05, 4.69) is 0 Å². The van der Waals surface area contributed by atoms with Gasteiger partial charge in [0.1, 0.15) is 0 Å². The average molecular weight is 414 g/mol. The molecule has 0 saturated carbocycles. The molecule has 1 atom stereocenters. The molecule has 1 aromatic rings. The number of halogens is 2. The van der Waals surface area contributed by atoms with E-state index in [1.807, 2.05) is 0 Å². The lowest BCUT2D eigenvalue weighted by Crippen LogP contribution is -3.19. The molecule has 2 heterocycles. The summed E-state index contributed by atoms with van der Waals surface area (Å²) in [5.41, 5.74) is 0.390. The van der Waals surface area contributed by atoms with Gasteiger partial charge in [0.15, 0.2) is 6.04 Å². The van der Waals surface area contributed by atoms with Gasteiger partial charge in [-0.1, -0.05) is 11.8 Å². The minimum Gasteiger partial charge on any atom is -0.450 e. The number of nitrogens with zero attached hydrogens (tertiary/aromatic N) is 2. The molecule has 0 aliphatic carbocycles. The van der Waals surface area contributed by atoms with Crippen LogP contribution < -0.4 is 9.80 Å². The van der Waals surface area contributed by atoms with E-state index in [0.29, 0.717) is 55.1 Å². The largest absolute Gasteiger partial charge is 0.450 e. The quantitative estimate of drug-likeness (QED) is 0.575. The topological polar surface area (TPSA) is 71.4 Å². The highest BCUT2D eigenvalue weighted by molar-refractivity contribution is 7.99. The Hall–Kier alpha value is -2.20. The molecule has 0 spiro atoms. The third-order valence-corrected chi connectivity index (χ3v) is 5.61. The summed E-state index contributed by atoms with van der Waals surface area (Å²) in [5, 5.41) is 0. The van der Waals surface area contributed by atoms with Gasteiger partial charge in [0.25, 0.3) is 11.7 Å². The summed E-state index contributed by atoms with van der Waals surface area (Å²) in [6.07, 6.45) is -0.264. The minimum atomic E-state index is -2.53. The van der Waals surface area contributed by atoms with Crippen LogP contribution in [0.25, 0.3) is 0 Å². The molecular formula is C18H22F2N3O4S+. The number of carbonyl (C=O) groups excluding carboxylic acids is 3. The molecule has 1 aromatic carbocycles. The van der Waals surface area contributed by atoms with E-state index >= 15 is 0 Å². The monoisotopic (exact) mass is 414 g/mol.